The number of nitrogens with one attached hydrogen (secondary N) is 2. The molecule has 3 rings (SSSR count). The normalized spacial score (nSPS) is 13.8. The number of benzene rings is 2. The number of anilines is 3. The lowest BCUT2D eigenvalue weighted by molar-refractivity contribution is -0.383. The Balaban J connectivity index is 1.75. The average Bonchev–Trinajstić information content (AvgIpc) is 2.55. The first-order valence-corrected chi connectivity index (χ1v) is 8.15. The predicted molar refractivity (Wildman–Crippen MR) is 95.6 cm³/mol. The van der Waals surface area contributed by atoms with E-state index < -0.39 is 10.9 Å². The van der Waals surface area contributed by atoms with Gasteiger partial charge in [-0.15, -0.1) is 0 Å². The van der Waals surface area contributed by atoms with E-state index in [-0.39, 0.29) is 11.3 Å². The van der Waals surface area contributed by atoms with Gasteiger partial charge in [0, 0.05) is 24.0 Å². The summed E-state index contributed by atoms with van der Waals surface area (Å²) in [6, 6.07) is 11.0. The molecule has 2 aromatic carbocycles. The van der Waals surface area contributed by atoms with Crippen LogP contribution in [0.15, 0.2) is 42.5 Å². The average molecular weight is 341 g/mol. The zero-order valence-corrected chi connectivity index (χ0v) is 13.6. The van der Waals surface area contributed by atoms with E-state index in [1.807, 2.05) is 0 Å². The number of aromatic carboxylic acids is 1. The van der Waals surface area contributed by atoms with Crippen LogP contribution in [-0.4, -0.2) is 22.5 Å². The van der Waals surface area contributed by atoms with Gasteiger partial charge in [0.1, 0.15) is 5.69 Å². The number of nitro benzene ring substituents is 1. The molecule has 0 radical (unpaired) electrons. The smallest absolute Gasteiger partial charge is 0.335 e. The predicted octanol–water partition coefficient (Wildman–Crippen LogP) is 4.25. The Morgan fingerprint density at radius 2 is 1.84 bits per heavy atom. The molecule has 2 aromatic rings. The molecule has 25 heavy (non-hydrogen) atoms. The quantitative estimate of drug-likeness (QED) is 0.514. The molecule has 0 spiro atoms. The number of carbonyl (C=O) groups is 1. The molecule has 0 aromatic heterocycles. The molecular formula is C18H19N3O4. The number of nitrogens with zero attached hydrogens (tertiary/aromatic N) is 1. The second kappa shape index (κ2) is 7.21. The van der Waals surface area contributed by atoms with Gasteiger partial charge in [0.15, 0.2) is 0 Å². The number of hydrogen-bond donors (Lipinski definition) is 3. The Kier molecular flexibility index (Phi) is 4.83. The van der Waals surface area contributed by atoms with Gasteiger partial charge in [0.2, 0.25) is 0 Å². The van der Waals surface area contributed by atoms with E-state index in [2.05, 4.69) is 10.6 Å². The molecule has 0 aliphatic heterocycles. The minimum Gasteiger partial charge on any atom is -0.478 e. The second-order valence-corrected chi connectivity index (χ2v) is 6.17. The zero-order valence-electron chi connectivity index (χ0n) is 13.6. The van der Waals surface area contributed by atoms with Gasteiger partial charge >= 0.3 is 5.97 Å². The lowest BCUT2D eigenvalue weighted by Gasteiger charge is -2.25. The highest BCUT2D eigenvalue weighted by Crippen LogP contribution is 2.32. The van der Waals surface area contributed by atoms with E-state index in [0.29, 0.717) is 17.3 Å². The number of nitro groups is 1. The van der Waals surface area contributed by atoms with E-state index in [4.69, 9.17) is 5.11 Å². The Bertz CT molecular complexity index is 785. The molecule has 1 aliphatic carbocycles. The number of carboxylic acid groups (broad SMARTS) is 1. The van der Waals surface area contributed by atoms with Crippen LogP contribution >= 0.6 is 0 Å². The lowest BCUT2D eigenvalue weighted by atomic mass is 9.85. The van der Waals surface area contributed by atoms with Crippen LogP contribution in [0.25, 0.3) is 0 Å². The topological polar surface area (TPSA) is 104 Å². The van der Waals surface area contributed by atoms with Crippen LogP contribution in [0.3, 0.4) is 0 Å². The SMILES string of the molecule is O=C(O)c1ccc(Nc2ccc(NCC3CCC3)cc2[N+](=O)[O-])cc1. The monoisotopic (exact) mass is 341 g/mol. The summed E-state index contributed by atoms with van der Waals surface area (Å²) in [7, 11) is 0. The Hall–Kier alpha value is -3.09. The van der Waals surface area contributed by atoms with Crippen LogP contribution in [0.5, 0.6) is 0 Å². The van der Waals surface area contributed by atoms with Gasteiger partial charge in [-0.05, 0) is 55.2 Å². The number of carboxylic acids is 1. The maximum Gasteiger partial charge on any atom is 0.335 e. The Labute approximate surface area is 144 Å². The standard InChI is InChI=1S/C18H19N3O4/c22-18(23)13-4-6-14(7-5-13)20-16-9-8-15(10-17(16)21(24)25)19-11-12-2-1-3-12/h4-10,12,19-20H,1-3,11H2,(H,22,23). The minimum atomic E-state index is -1.01. The summed E-state index contributed by atoms with van der Waals surface area (Å²) in [6.45, 7) is 0.834. The van der Waals surface area contributed by atoms with Crippen molar-refractivity contribution in [3.05, 3.63) is 58.1 Å². The number of hydrogen-bond acceptors (Lipinski definition) is 5. The molecular weight excluding hydrogens is 322 g/mol. The fourth-order valence-electron chi connectivity index (χ4n) is 2.71. The van der Waals surface area contributed by atoms with Crippen molar-refractivity contribution in [3.8, 4) is 0 Å². The molecule has 0 unspecified atom stereocenters. The van der Waals surface area contributed by atoms with E-state index in [0.717, 1.165) is 12.2 Å². The first kappa shape index (κ1) is 16.8. The van der Waals surface area contributed by atoms with Gasteiger partial charge in [-0.2, -0.15) is 0 Å². The molecule has 1 fully saturated rings. The third-order valence-corrected chi connectivity index (χ3v) is 4.42. The highest BCUT2D eigenvalue weighted by Gasteiger charge is 2.18. The van der Waals surface area contributed by atoms with Crippen molar-refractivity contribution in [2.75, 3.05) is 17.2 Å². The van der Waals surface area contributed by atoms with E-state index in [1.165, 1.54) is 37.5 Å². The van der Waals surface area contributed by atoms with Gasteiger partial charge in [-0.3, -0.25) is 10.1 Å². The maximum absolute atomic E-state index is 11.4. The molecule has 0 heterocycles. The Morgan fingerprint density at radius 1 is 1.16 bits per heavy atom. The molecule has 130 valence electrons. The van der Waals surface area contributed by atoms with Crippen LogP contribution in [0.1, 0.15) is 29.6 Å². The van der Waals surface area contributed by atoms with Crippen molar-refractivity contribution in [1.29, 1.82) is 0 Å². The zero-order chi connectivity index (χ0) is 17.8. The van der Waals surface area contributed by atoms with Crippen LogP contribution in [-0.2, 0) is 0 Å². The van der Waals surface area contributed by atoms with Crippen molar-refractivity contribution >= 4 is 28.7 Å². The highest BCUT2D eigenvalue weighted by molar-refractivity contribution is 5.88. The first-order valence-electron chi connectivity index (χ1n) is 8.15. The second-order valence-electron chi connectivity index (χ2n) is 6.17. The van der Waals surface area contributed by atoms with Crippen LogP contribution in [0, 0.1) is 16.0 Å². The fourth-order valence-corrected chi connectivity index (χ4v) is 2.71. The molecule has 0 atom stereocenters. The summed E-state index contributed by atoms with van der Waals surface area (Å²) in [4.78, 5) is 21.8. The molecule has 7 nitrogen and oxygen atoms in total. The van der Waals surface area contributed by atoms with Gasteiger partial charge in [-0.1, -0.05) is 6.42 Å². The van der Waals surface area contributed by atoms with Crippen molar-refractivity contribution in [3.63, 3.8) is 0 Å². The summed E-state index contributed by atoms with van der Waals surface area (Å²) in [5.74, 6) is -0.357. The van der Waals surface area contributed by atoms with Crippen LogP contribution in [0.2, 0.25) is 0 Å². The van der Waals surface area contributed by atoms with Gasteiger partial charge in [0.25, 0.3) is 5.69 Å². The summed E-state index contributed by atoms with van der Waals surface area (Å²) in [5, 5.41) is 26.5. The molecule has 1 aliphatic rings. The lowest BCUT2D eigenvalue weighted by Crippen LogP contribution is -2.20. The van der Waals surface area contributed by atoms with Gasteiger partial charge < -0.3 is 15.7 Å². The third kappa shape index (κ3) is 4.06. The summed E-state index contributed by atoms with van der Waals surface area (Å²) >= 11 is 0. The van der Waals surface area contributed by atoms with E-state index in [1.54, 1.807) is 24.3 Å². The van der Waals surface area contributed by atoms with E-state index >= 15 is 0 Å². The first-order chi connectivity index (χ1) is 12.0. The Morgan fingerprint density at radius 3 is 2.40 bits per heavy atom. The van der Waals surface area contributed by atoms with Crippen molar-refractivity contribution in [2.24, 2.45) is 5.92 Å². The third-order valence-electron chi connectivity index (χ3n) is 4.42. The van der Waals surface area contributed by atoms with Gasteiger partial charge in [-0.25, -0.2) is 4.79 Å². The van der Waals surface area contributed by atoms with Crippen molar-refractivity contribution in [1.82, 2.24) is 0 Å². The maximum atomic E-state index is 11.4. The summed E-state index contributed by atoms with van der Waals surface area (Å²) < 4.78 is 0. The molecule has 7 heteroatoms. The van der Waals surface area contributed by atoms with Crippen LogP contribution < -0.4 is 10.6 Å². The largest absolute Gasteiger partial charge is 0.478 e. The van der Waals surface area contributed by atoms with E-state index in [9.17, 15) is 14.9 Å². The molecule has 1 saturated carbocycles. The molecule has 0 amide bonds. The van der Waals surface area contributed by atoms with Crippen molar-refractivity contribution < 1.29 is 14.8 Å². The molecule has 3 N–H and O–H groups in total. The fraction of sp³-hybridized carbons (Fsp3) is 0.278. The minimum absolute atomic E-state index is 0.0269. The van der Waals surface area contributed by atoms with Crippen molar-refractivity contribution in [2.45, 2.75) is 19.3 Å². The molecule has 0 bridgehead atoms. The van der Waals surface area contributed by atoms with Crippen LogP contribution in [0.4, 0.5) is 22.7 Å². The summed E-state index contributed by atoms with van der Waals surface area (Å²) in [6.07, 6.45) is 3.68. The van der Waals surface area contributed by atoms with Gasteiger partial charge in [0.05, 0.1) is 10.5 Å². The summed E-state index contributed by atoms with van der Waals surface area (Å²) in [5.41, 5.74) is 1.81. The highest BCUT2D eigenvalue weighted by atomic mass is 16.6. The number of rotatable bonds is 7. The molecule has 0 saturated heterocycles.